The second kappa shape index (κ2) is 12.6. The molecule has 0 unspecified atom stereocenters. The molecular formula is C18H22KNO3. The number of carboxylic acid groups (broad SMARTS) is 1. The van der Waals surface area contributed by atoms with E-state index in [0.717, 1.165) is 11.3 Å². The molecule has 2 rings (SSSR count). The Morgan fingerprint density at radius 3 is 2.39 bits per heavy atom. The summed E-state index contributed by atoms with van der Waals surface area (Å²) in [5.74, 6) is -0.130. The van der Waals surface area contributed by atoms with Crippen LogP contribution in [0, 0.1) is 6.92 Å². The first kappa shape index (κ1) is 22.1. The first-order valence-electron chi connectivity index (χ1n) is 7.31. The molecule has 0 aromatic heterocycles. The second-order valence-electron chi connectivity index (χ2n) is 4.48. The molecule has 0 radical (unpaired) electrons. The number of nitrogens with zero attached hydrogens (tertiary/aromatic N) is 1. The minimum atomic E-state index is -0.939. The van der Waals surface area contributed by atoms with E-state index in [1.807, 2.05) is 63.2 Å². The van der Waals surface area contributed by atoms with Gasteiger partial charge >= 0.3 is 51.4 Å². The molecule has 118 valence electrons. The van der Waals surface area contributed by atoms with Crippen molar-refractivity contribution in [2.75, 3.05) is 6.54 Å². The Kier molecular flexibility index (Phi) is 12.1. The number of hydrogen-bond acceptors (Lipinski definition) is 2. The fraction of sp³-hybridized carbons (Fsp3) is 0.278. The SMILES string of the molecule is CC.Cc1ccc(OCc2cccc([N-]CC(=O)O)c2)cc1.[K+]. The summed E-state index contributed by atoms with van der Waals surface area (Å²) in [6.45, 7) is 6.24. The van der Waals surface area contributed by atoms with Gasteiger partial charge in [0, 0.05) is 0 Å². The predicted molar refractivity (Wildman–Crippen MR) is 88.8 cm³/mol. The van der Waals surface area contributed by atoms with Gasteiger partial charge in [-0.2, -0.15) is 0 Å². The molecule has 23 heavy (non-hydrogen) atoms. The Morgan fingerprint density at radius 1 is 1.13 bits per heavy atom. The van der Waals surface area contributed by atoms with Crippen LogP contribution in [0.1, 0.15) is 25.0 Å². The van der Waals surface area contributed by atoms with Crippen molar-refractivity contribution in [3.63, 3.8) is 0 Å². The Hall–Kier alpha value is -0.854. The van der Waals surface area contributed by atoms with Gasteiger partial charge in [0.2, 0.25) is 0 Å². The molecule has 4 nitrogen and oxygen atoms in total. The fourth-order valence-corrected chi connectivity index (χ4v) is 1.70. The normalized spacial score (nSPS) is 9.00. The second-order valence-corrected chi connectivity index (χ2v) is 4.48. The van der Waals surface area contributed by atoms with Gasteiger partial charge in [0.15, 0.2) is 0 Å². The molecule has 0 heterocycles. The van der Waals surface area contributed by atoms with E-state index in [9.17, 15) is 4.79 Å². The first-order valence-corrected chi connectivity index (χ1v) is 7.31. The number of carboxylic acids is 1. The van der Waals surface area contributed by atoms with Crippen LogP contribution in [0.25, 0.3) is 5.32 Å². The number of benzene rings is 2. The maximum Gasteiger partial charge on any atom is 1.00 e. The molecule has 0 fully saturated rings. The van der Waals surface area contributed by atoms with Gasteiger partial charge in [0.1, 0.15) is 12.4 Å². The number of rotatable bonds is 6. The van der Waals surface area contributed by atoms with Crippen molar-refractivity contribution in [3.8, 4) is 5.75 Å². The Bertz CT molecular complexity index is 585. The maximum atomic E-state index is 10.5. The van der Waals surface area contributed by atoms with Crippen molar-refractivity contribution in [3.05, 3.63) is 65.0 Å². The van der Waals surface area contributed by atoms with E-state index < -0.39 is 5.97 Å². The largest absolute Gasteiger partial charge is 1.00 e. The maximum absolute atomic E-state index is 10.5. The van der Waals surface area contributed by atoms with Gasteiger partial charge in [-0.25, -0.2) is 0 Å². The Balaban J connectivity index is 0.00000155. The third-order valence-electron chi connectivity index (χ3n) is 2.73. The van der Waals surface area contributed by atoms with Crippen LogP contribution in [0.5, 0.6) is 5.75 Å². The predicted octanol–water partition coefficient (Wildman–Crippen LogP) is 1.69. The third kappa shape index (κ3) is 9.13. The van der Waals surface area contributed by atoms with Crippen LogP contribution in [0.2, 0.25) is 0 Å². The molecule has 0 spiro atoms. The summed E-state index contributed by atoms with van der Waals surface area (Å²) in [7, 11) is 0. The van der Waals surface area contributed by atoms with Crippen LogP contribution >= 0.6 is 0 Å². The van der Waals surface area contributed by atoms with Gasteiger partial charge in [-0.3, -0.25) is 4.79 Å². The van der Waals surface area contributed by atoms with E-state index in [-0.39, 0.29) is 57.9 Å². The van der Waals surface area contributed by atoms with Crippen LogP contribution in [-0.4, -0.2) is 17.6 Å². The number of carbonyl (C=O) groups is 1. The van der Waals surface area contributed by atoms with Crippen molar-refractivity contribution < 1.29 is 66.0 Å². The zero-order chi connectivity index (χ0) is 16.4. The molecule has 5 heteroatoms. The van der Waals surface area contributed by atoms with Gasteiger partial charge in [0.25, 0.3) is 5.97 Å². The van der Waals surface area contributed by atoms with E-state index in [1.165, 1.54) is 5.56 Å². The van der Waals surface area contributed by atoms with Crippen molar-refractivity contribution in [2.24, 2.45) is 0 Å². The molecule has 0 aliphatic rings. The molecule has 0 saturated carbocycles. The van der Waals surface area contributed by atoms with Crippen LogP contribution in [0.4, 0.5) is 5.69 Å². The third-order valence-corrected chi connectivity index (χ3v) is 2.73. The molecule has 2 aromatic rings. The topological polar surface area (TPSA) is 60.6 Å². The van der Waals surface area contributed by atoms with Crippen molar-refractivity contribution in [1.29, 1.82) is 0 Å². The minimum absolute atomic E-state index is 0. The standard InChI is InChI=1S/C16H16NO3.C2H6.K/c1-12-5-7-15(8-6-12)20-11-13-3-2-4-14(9-13)17-10-16(18)19;1-2;/h2-9H,10-11H2,1H3,(H,18,19);1-2H3;/q-1;;+1. The monoisotopic (exact) mass is 339 g/mol. The average Bonchev–Trinajstić information content (AvgIpc) is 2.55. The van der Waals surface area contributed by atoms with Gasteiger partial charge in [0.05, 0.1) is 0 Å². The summed E-state index contributed by atoms with van der Waals surface area (Å²) in [6.07, 6.45) is 0. The van der Waals surface area contributed by atoms with Crippen LogP contribution in [0.15, 0.2) is 48.5 Å². The number of hydrogen-bond donors (Lipinski definition) is 1. The van der Waals surface area contributed by atoms with Crippen molar-refractivity contribution in [1.82, 2.24) is 0 Å². The fourth-order valence-electron chi connectivity index (χ4n) is 1.70. The summed E-state index contributed by atoms with van der Waals surface area (Å²) >= 11 is 0. The molecular weight excluding hydrogens is 317 g/mol. The van der Waals surface area contributed by atoms with E-state index >= 15 is 0 Å². The van der Waals surface area contributed by atoms with Gasteiger partial charge < -0.3 is 15.2 Å². The van der Waals surface area contributed by atoms with Crippen LogP contribution in [0.3, 0.4) is 0 Å². The van der Waals surface area contributed by atoms with Crippen LogP contribution < -0.4 is 56.1 Å². The van der Waals surface area contributed by atoms with E-state index in [4.69, 9.17) is 9.84 Å². The average molecular weight is 339 g/mol. The zero-order valence-corrected chi connectivity index (χ0v) is 17.4. The molecule has 0 amide bonds. The van der Waals surface area contributed by atoms with Crippen molar-refractivity contribution >= 4 is 11.7 Å². The summed E-state index contributed by atoms with van der Waals surface area (Å²) in [5.41, 5.74) is 2.79. The zero-order valence-electron chi connectivity index (χ0n) is 14.2. The molecule has 0 atom stereocenters. The van der Waals surface area contributed by atoms with Crippen molar-refractivity contribution in [2.45, 2.75) is 27.4 Å². The van der Waals surface area contributed by atoms with Gasteiger partial charge in [-0.05, 0) is 31.2 Å². The number of aliphatic carboxylic acids is 1. The van der Waals surface area contributed by atoms with Gasteiger partial charge in [-0.1, -0.05) is 55.8 Å². The number of ether oxygens (including phenoxy) is 1. The molecule has 2 aromatic carbocycles. The van der Waals surface area contributed by atoms with E-state index in [0.29, 0.717) is 12.3 Å². The summed E-state index contributed by atoms with van der Waals surface area (Å²) < 4.78 is 5.67. The molecule has 0 aliphatic carbocycles. The summed E-state index contributed by atoms with van der Waals surface area (Å²) in [4.78, 5) is 10.5. The Morgan fingerprint density at radius 2 is 1.78 bits per heavy atom. The molecule has 0 aliphatic heterocycles. The van der Waals surface area contributed by atoms with E-state index in [1.54, 1.807) is 6.07 Å². The molecule has 0 bridgehead atoms. The quantitative estimate of drug-likeness (QED) is 0.815. The van der Waals surface area contributed by atoms with Crippen LogP contribution in [-0.2, 0) is 11.4 Å². The molecule has 0 saturated heterocycles. The number of aryl methyl sites for hydroxylation is 1. The smallest absolute Gasteiger partial charge is 0.675 e. The van der Waals surface area contributed by atoms with E-state index in [2.05, 4.69) is 5.32 Å². The Labute approximate surface area is 180 Å². The summed E-state index contributed by atoms with van der Waals surface area (Å²) in [5, 5.41) is 12.6. The van der Waals surface area contributed by atoms with Gasteiger partial charge in [-0.15, -0.1) is 5.69 Å². The minimum Gasteiger partial charge on any atom is -0.675 e. The first-order chi connectivity index (χ1) is 10.6. The molecule has 1 N–H and O–H groups in total. The summed E-state index contributed by atoms with van der Waals surface area (Å²) in [6, 6.07) is 15.2.